The first-order valence-electron chi connectivity index (χ1n) is 7.87. The lowest BCUT2D eigenvalue weighted by Gasteiger charge is -2.19. The molecular formula is C19H16Cl2N2O3. The van der Waals surface area contributed by atoms with Crippen LogP contribution in [0.15, 0.2) is 59.3 Å². The van der Waals surface area contributed by atoms with Gasteiger partial charge in [0.15, 0.2) is 0 Å². The number of methoxy groups -OCH3 is 1. The number of nitrogens with zero attached hydrogens (tertiary/aromatic N) is 1. The molecule has 1 aliphatic rings. The summed E-state index contributed by atoms with van der Waals surface area (Å²) >= 11 is 12.2. The van der Waals surface area contributed by atoms with Crippen LogP contribution in [0.3, 0.4) is 0 Å². The van der Waals surface area contributed by atoms with Gasteiger partial charge in [0.25, 0.3) is 11.8 Å². The number of amides is 2. The maximum Gasteiger partial charge on any atom is 0.283 e. The molecule has 0 aliphatic carbocycles. The molecule has 134 valence electrons. The van der Waals surface area contributed by atoms with Crippen molar-refractivity contribution in [2.45, 2.75) is 13.0 Å². The van der Waals surface area contributed by atoms with E-state index in [1.165, 1.54) is 13.2 Å². The maximum atomic E-state index is 12.9. The maximum absolute atomic E-state index is 12.9. The van der Waals surface area contributed by atoms with Crippen LogP contribution in [0.4, 0.5) is 5.69 Å². The van der Waals surface area contributed by atoms with Gasteiger partial charge in [0.2, 0.25) is 0 Å². The minimum Gasteiger partial charge on any atom is -0.495 e. The van der Waals surface area contributed by atoms with E-state index >= 15 is 0 Å². The number of rotatable bonds is 5. The van der Waals surface area contributed by atoms with Gasteiger partial charge in [-0.05, 0) is 30.7 Å². The SMILES string of the molecule is COc1ccc(Cl)cc1N1C(=O)C(Cl)=C(NC(C)c2ccccc2)C1=O. The summed E-state index contributed by atoms with van der Waals surface area (Å²) in [5, 5.41) is 3.24. The number of benzene rings is 2. The minimum absolute atomic E-state index is 0.0510. The molecule has 2 aromatic rings. The van der Waals surface area contributed by atoms with E-state index in [-0.39, 0.29) is 22.5 Å². The smallest absolute Gasteiger partial charge is 0.283 e. The predicted molar refractivity (Wildman–Crippen MR) is 101 cm³/mol. The highest BCUT2D eigenvalue weighted by atomic mass is 35.5. The zero-order valence-corrected chi connectivity index (χ0v) is 15.6. The third kappa shape index (κ3) is 3.28. The van der Waals surface area contributed by atoms with E-state index in [4.69, 9.17) is 27.9 Å². The fourth-order valence-corrected chi connectivity index (χ4v) is 3.11. The standard InChI is InChI=1S/C19H16Cl2N2O3/c1-11(12-6-4-3-5-7-12)22-17-16(21)18(24)23(19(17)25)14-10-13(20)8-9-15(14)26-2/h3-11,22H,1-2H3. The molecule has 0 bridgehead atoms. The quantitative estimate of drug-likeness (QED) is 0.783. The molecule has 1 atom stereocenters. The van der Waals surface area contributed by atoms with Crippen molar-refractivity contribution in [1.82, 2.24) is 5.32 Å². The molecule has 0 spiro atoms. The van der Waals surface area contributed by atoms with Crippen LogP contribution < -0.4 is 15.0 Å². The molecule has 1 aliphatic heterocycles. The number of hydrogen-bond donors (Lipinski definition) is 1. The van der Waals surface area contributed by atoms with Gasteiger partial charge in [-0.1, -0.05) is 53.5 Å². The lowest BCUT2D eigenvalue weighted by atomic mass is 10.1. The topological polar surface area (TPSA) is 58.6 Å². The van der Waals surface area contributed by atoms with Crippen molar-refractivity contribution < 1.29 is 14.3 Å². The normalized spacial score (nSPS) is 15.5. The Kier molecular flexibility index (Phi) is 5.20. The Morgan fingerprint density at radius 3 is 2.38 bits per heavy atom. The summed E-state index contributed by atoms with van der Waals surface area (Å²) in [6.07, 6.45) is 0. The number of imide groups is 1. The highest BCUT2D eigenvalue weighted by Gasteiger charge is 2.40. The zero-order chi connectivity index (χ0) is 18.8. The van der Waals surface area contributed by atoms with Gasteiger partial charge in [-0.15, -0.1) is 0 Å². The van der Waals surface area contributed by atoms with E-state index in [0.29, 0.717) is 10.8 Å². The zero-order valence-electron chi connectivity index (χ0n) is 14.1. The van der Waals surface area contributed by atoms with E-state index < -0.39 is 11.8 Å². The van der Waals surface area contributed by atoms with E-state index in [2.05, 4.69) is 5.32 Å². The summed E-state index contributed by atoms with van der Waals surface area (Å²) in [7, 11) is 1.45. The summed E-state index contributed by atoms with van der Waals surface area (Å²) in [6.45, 7) is 1.88. The van der Waals surface area contributed by atoms with Crippen LogP contribution in [0, 0.1) is 0 Å². The second-order valence-corrected chi connectivity index (χ2v) is 6.54. The Morgan fingerprint density at radius 1 is 1.04 bits per heavy atom. The van der Waals surface area contributed by atoms with Gasteiger partial charge in [0.1, 0.15) is 16.5 Å². The Hall–Kier alpha value is -2.50. The fraction of sp³-hybridized carbons (Fsp3) is 0.158. The van der Waals surface area contributed by atoms with Crippen LogP contribution in [-0.4, -0.2) is 18.9 Å². The summed E-state index contributed by atoms with van der Waals surface area (Å²) in [4.78, 5) is 26.4. The minimum atomic E-state index is -0.625. The van der Waals surface area contributed by atoms with Gasteiger partial charge in [-0.25, -0.2) is 4.90 Å². The molecule has 1 heterocycles. The monoisotopic (exact) mass is 390 g/mol. The second kappa shape index (κ2) is 7.40. The van der Waals surface area contributed by atoms with Gasteiger partial charge < -0.3 is 10.1 Å². The van der Waals surface area contributed by atoms with Crippen molar-refractivity contribution in [2.75, 3.05) is 12.0 Å². The van der Waals surface area contributed by atoms with Crippen LogP contribution in [0.1, 0.15) is 18.5 Å². The van der Waals surface area contributed by atoms with Crippen LogP contribution in [-0.2, 0) is 9.59 Å². The molecule has 1 N–H and O–H groups in total. The van der Waals surface area contributed by atoms with E-state index in [1.807, 2.05) is 37.3 Å². The summed E-state index contributed by atoms with van der Waals surface area (Å²) in [5.74, 6) is -0.832. The van der Waals surface area contributed by atoms with Crippen molar-refractivity contribution in [3.8, 4) is 5.75 Å². The predicted octanol–water partition coefficient (Wildman–Crippen LogP) is 4.02. The summed E-state index contributed by atoms with van der Waals surface area (Å²) in [6, 6.07) is 14.0. The van der Waals surface area contributed by atoms with Gasteiger partial charge in [0.05, 0.1) is 12.8 Å². The first kappa shape index (κ1) is 18.3. The highest BCUT2D eigenvalue weighted by Crippen LogP contribution is 2.37. The first-order valence-corrected chi connectivity index (χ1v) is 8.63. The molecular weight excluding hydrogens is 375 g/mol. The van der Waals surface area contributed by atoms with E-state index in [1.54, 1.807) is 12.1 Å². The van der Waals surface area contributed by atoms with Gasteiger partial charge in [-0.2, -0.15) is 0 Å². The molecule has 0 saturated heterocycles. The number of hydrogen-bond acceptors (Lipinski definition) is 4. The summed E-state index contributed by atoms with van der Waals surface area (Å²) < 4.78 is 5.24. The van der Waals surface area contributed by atoms with Crippen LogP contribution in [0.2, 0.25) is 5.02 Å². The molecule has 0 saturated carbocycles. The Morgan fingerprint density at radius 2 is 1.73 bits per heavy atom. The number of halogens is 2. The van der Waals surface area contributed by atoms with Gasteiger partial charge in [0, 0.05) is 11.1 Å². The van der Waals surface area contributed by atoms with Crippen LogP contribution in [0.25, 0.3) is 0 Å². The van der Waals surface area contributed by atoms with Crippen molar-refractivity contribution in [3.05, 3.63) is 69.8 Å². The largest absolute Gasteiger partial charge is 0.495 e. The van der Waals surface area contributed by atoms with E-state index in [0.717, 1.165) is 10.5 Å². The molecule has 26 heavy (non-hydrogen) atoms. The van der Waals surface area contributed by atoms with Crippen molar-refractivity contribution in [2.24, 2.45) is 0 Å². The van der Waals surface area contributed by atoms with Crippen LogP contribution >= 0.6 is 23.2 Å². The van der Waals surface area contributed by atoms with Gasteiger partial charge >= 0.3 is 0 Å². The Balaban J connectivity index is 1.92. The molecule has 7 heteroatoms. The molecule has 2 aromatic carbocycles. The molecule has 0 aromatic heterocycles. The number of carbonyl (C=O) groups is 2. The van der Waals surface area contributed by atoms with Crippen molar-refractivity contribution in [1.29, 1.82) is 0 Å². The average Bonchev–Trinajstić information content (AvgIpc) is 2.85. The molecule has 5 nitrogen and oxygen atoms in total. The number of anilines is 1. The third-order valence-corrected chi connectivity index (χ3v) is 4.66. The van der Waals surface area contributed by atoms with Gasteiger partial charge in [-0.3, -0.25) is 9.59 Å². The second-order valence-electron chi connectivity index (χ2n) is 5.73. The Labute approximate surface area is 161 Å². The van der Waals surface area contributed by atoms with Crippen molar-refractivity contribution in [3.63, 3.8) is 0 Å². The third-order valence-electron chi connectivity index (χ3n) is 4.07. The number of nitrogens with one attached hydrogen (secondary N) is 1. The lowest BCUT2D eigenvalue weighted by Crippen LogP contribution is -2.34. The fourth-order valence-electron chi connectivity index (χ4n) is 2.73. The molecule has 0 fully saturated rings. The average molecular weight is 391 g/mol. The molecule has 0 radical (unpaired) electrons. The van der Waals surface area contributed by atoms with Crippen LogP contribution in [0.5, 0.6) is 5.75 Å². The first-order chi connectivity index (χ1) is 12.4. The lowest BCUT2D eigenvalue weighted by molar-refractivity contribution is -0.120. The number of ether oxygens (including phenoxy) is 1. The molecule has 1 unspecified atom stereocenters. The molecule has 3 rings (SSSR count). The van der Waals surface area contributed by atoms with Crippen molar-refractivity contribution >= 4 is 40.7 Å². The van der Waals surface area contributed by atoms with E-state index in [9.17, 15) is 9.59 Å². The molecule has 2 amide bonds. The number of carbonyl (C=O) groups excluding carboxylic acids is 2. The summed E-state index contributed by atoms with van der Waals surface area (Å²) in [5.41, 5.74) is 1.26. The highest BCUT2D eigenvalue weighted by molar-refractivity contribution is 6.52. The Bertz CT molecular complexity index is 897.